The van der Waals surface area contributed by atoms with Gasteiger partial charge >= 0.3 is 0 Å². The Balaban J connectivity index is 0. The molecule has 0 aliphatic carbocycles. The zero-order chi connectivity index (χ0) is 10.5. The van der Waals surface area contributed by atoms with E-state index in [9.17, 15) is 0 Å². The van der Waals surface area contributed by atoms with Gasteiger partial charge in [0.25, 0.3) is 0 Å². The van der Waals surface area contributed by atoms with Crippen LogP contribution in [0.1, 0.15) is 40.5 Å². The molecule has 0 amide bonds. The normalized spacial score (nSPS) is 11.8. The van der Waals surface area contributed by atoms with Gasteiger partial charge < -0.3 is 10.6 Å². The van der Waals surface area contributed by atoms with Gasteiger partial charge in [-0.05, 0) is 39.0 Å². The van der Waals surface area contributed by atoms with Crippen LogP contribution in [0.2, 0.25) is 0 Å². The predicted octanol–water partition coefficient (Wildman–Crippen LogP) is 2.26. The highest BCUT2D eigenvalue weighted by Gasteiger charge is 2.02. The average Bonchev–Trinajstić information content (AvgIpc) is 2.20. The van der Waals surface area contributed by atoms with Gasteiger partial charge in [-0.15, -0.1) is 0 Å². The van der Waals surface area contributed by atoms with Crippen LogP contribution < -0.4 is 10.6 Å². The molecule has 1 unspecified atom stereocenters. The van der Waals surface area contributed by atoms with Crippen LogP contribution in [-0.2, 0) is 0 Å². The third kappa shape index (κ3) is 11.9. The van der Waals surface area contributed by atoms with Crippen molar-refractivity contribution in [3.8, 4) is 0 Å². The summed E-state index contributed by atoms with van der Waals surface area (Å²) in [5.41, 5.74) is 0. The van der Waals surface area contributed by atoms with Crippen LogP contribution in [0.5, 0.6) is 0 Å². The molecule has 0 spiro atoms. The molecule has 0 aliphatic heterocycles. The van der Waals surface area contributed by atoms with E-state index in [2.05, 4.69) is 24.5 Å². The van der Waals surface area contributed by atoms with E-state index in [1.165, 1.54) is 12.8 Å². The maximum Gasteiger partial charge on any atom is -0.00231 e. The Labute approximate surface area is 84.5 Å². The lowest BCUT2D eigenvalue weighted by Crippen LogP contribution is -2.23. The summed E-state index contributed by atoms with van der Waals surface area (Å²) in [6.45, 7) is 11.8. The SMILES string of the molecule is CC.CCNCCC(CC)CNC. The smallest absolute Gasteiger partial charge is 0.00231 e. The van der Waals surface area contributed by atoms with Gasteiger partial charge in [-0.2, -0.15) is 0 Å². The van der Waals surface area contributed by atoms with E-state index in [0.717, 1.165) is 25.6 Å². The average molecular weight is 188 g/mol. The van der Waals surface area contributed by atoms with E-state index in [1.54, 1.807) is 0 Å². The summed E-state index contributed by atoms with van der Waals surface area (Å²) in [5.74, 6) is 0.846. The highest BCUT2D eigenvalue weighted by atomic mass is 14.8. The maximum absolute atomic E-state index is 3.34. The van der Waals surface area contributed by atoms with Crippen molar-refractivity contribution in [3.63, 3.8) is 0 Å². The van der Waals surface area contributed by atoms with Gasteiger partial charge in [0.05, 0.1) is 0 Å². The zero-order valence-electron chi connectivity index (χ0n) is 10.1. The van der Waals surface area contributed by atoms with Crippen LogP contribution in [-0.4, -0.2) is 26.7 Å². The molecule has 0 heterocycles. The Morgan fingerprint density at radius 3 is 2.15 bits per heavy atom. The summed E-state index contributed by atoms with van der Waals surface area (Å²) in [6.07, 6.45) is 2.58. The third-order valence-electron chi connectivity index (χ3n) is 2.05. The van der Waals surface area contributed by atoms with Crippen molar-refractivity contribution in [3.05, 3.63) is 0 Å². The molecule has 0 aromatic carbocycles. The second-order valence-electron chi connectivity index (χ2n) is 2.97. The molecule has 0 radical (unpaired) electrons. The van der Waals surface area contributed by atoms with Gasteiger partial charge in [-0.1, -0.05) is 34.1 Å². The summed E-state index contributed by atoms with van der Waals surface area (Å²) < 4.78 is 0. The lowest BCUT2D eigenvalue weighted by molar-refractivity contribution is 0.437. The molecule has 0 bridgehead atoms. The van der Waals surface area contributed by atoms with Crippen molar-refractivity contribution in [1.82, 2.24) is 10.6 Å². The molecular weight excluding hydrogens is 160 g/mol. The number of hydrogen-bond acceptors (Lipinski definition) is 2. The summed E-state index contributed by atoms with van der Waals surface area (Å²) in [4.78, 5) is 0. The lowest BCUT2D eigenvalue weighted by Gasteiger charge is -2.13. The fourth-order valence-corrected chi connectivity index (χ4v) is 1.22. The molecule has 1 atom stereocenters. The number of rotatable bonds is 7. The van der Waals surface area contributed by atoms with Crippen molar-refractivity contribution in [2.24, 2.45) is 5.92 Å². The van der Waals surface area contributed by atoms with E-state index >= 15 is 0 Å². The lowest BCUT2D eigenvalue weighted by atomic mass is 10.0. The molecule has 0 aromatic rings. The van der Waals surface area contributed by atoms with Gasteiger partial charge in [0.1, 0.15) is 0 Å². The molecule has 0 aliphatic rings. The van der Waals surface area contributed by atoms with Gasteiger partial charge in [-0.25, -0.2) is 0 Å². The molecule has 0 saturated heterocycles. The zero-order valence-corrected chi connectivity index (χ0v) is 10.1. The summed E-state index contributed by atoms with van der Waals surface area (Å²) in [5, 5.41) is 6.56. The Morgan fingerprint density at radius 1 is 1.15 bits per heavy atom. The van der Waals surface area contributed by atoms with E-state index in [4.69, 9.17) is 0 Å². The quantitative estimate of drug-likeness (QED) is 0.599. The van der Waals surface area contributed by atoms with Gasteiger partial charge in [-0.3, -0.25) is 0 Å². The first-order valence-electron chi connectivity index (χ1n) is 5.70. The van der Waals surface area contributed by atoms with E-state index in [-0.39, 0.29) is 0 Å². The Kier molecular flexibility index (Phi) is 17.1. The first-order valence-corrected chi connectivity index (χ1v) is 5.70. The maximum atomic E-state index is 3.34. The van der Waals surface area contributed by atoms with Crippen LogP contribution in [0, 0.1) is 5.92 Å². The molecule has 0 aromatic heterocycles. The largest absolute Gasteiger partial charge is 0.319 e. The molecule has 2 N–H and O–H groups in total. The van der Waals surface area contributed by atoms with E-state index in [0.29, 0.717) is 0 Å². The van der Waals surface area contributed by atoms with Crippen molar-refractivity contribution in [1.29, 1.82) is 0 Å². The molecule has 82 valence electrons. The van der Waals surface area contributed by atoms with Crippen molar-refractivity contribution in [2.75, 3.05) is 26.7 Å². The van der Waals surface area contributed by atoms with E-state index < -0.39 is 0 Å². The fraction of sp³-hybridized carbons (Fsp3) is 1.00. The first kappa shape index (κ1) is 15.4. The Hall–Kier alpha value is -0.0800. The molecule has 0 saturated carbocycles. The Bertz CT molecular complexity index is 74.5. The second-order valence-corrected chi connectivity index (χ2v) is 2.97. The van der Waals surface area contributed by atoms with Crippen LogP contribution >= 0.6 is 0 Å². The second kappa shape index (κ2) is 14.4. The molecule has 13 heavy (non-hydrogen) atoms. The minimum absolute atomic E-state index is 0.846. The topological polar surface area (TPSA) is 24.1 Å². The van der Waals surface area contributed by atoms with Crippen molar-refractivity contribution >= 4 is 0 Å². The summed E-state index contributed by atoms with van der Waals surface area (Å²) >= 11 is 0. The minimum atomic E-state index is 0.846. The minimum Gasteiger partial charge on any atom is -0.319 e. The third-order valence-corrected chi connectivity index (χ3v) is 2.05. The van der Waals surface area contributed by atoms with Crippen molar-refractivity contribution in [2.45, 2.75) is 40.5 Å². The van der Waals surface area contributed by atoms with Crippen LogP contribution in [0.4, 0.5) is 0 Å². The van der Waals surface area contributed by atoms with Gasteiger partial charge in [0.15, 0.2) is 0 Å². The Morgan fingerprint density at radius 2 is 1.77 bits per heavy atom. The standard InChI is InChI=1S/C9H22N2.C2H6/c1-4-9(8-10-3)6-7-11-5-2;1-2/h9-11H,4-8H2,1-3H3;1-2H3. The van der Waals surface area contributed by atoms with E-state index in [1.807, 2.05) is 20.9 Å². The predicted molar refractivity (Wildman–Crippen MR) is 62.2 cm³/mol. The van der Waals surface area contributed by atoms with Crippen LogP contribution in [0.15, 0.2) is 0 Å². The monoisotopic (exact) mass is 188 g/mol. The van der Waals surface area contributed by atoms with Gasteiger partial charge in [0.2, 0.25) is 0 Å². The van der Waals surface area contributed by atoms with Crippen LogP contribution in [0.3, 0.4) is 0 Å². The molecule has 2 nitrogen and oxygen atoms in total. The summed E-state index contributed by atoms with van der Waals surface area (Å²) in [7, 11) is 2.02. The fourth-order valence-electron chi connectivity index (χ4n) is 1.22. The van der Waals surface area contributed by atoms with Gasteiger partial charge in [0, 0.05) is 0 Å². The first-order chi connectivity index (χ1) is 6.35. The molecule has 2 heteroatoms. The molecular formula is C11H28N2. The number of hydrogen-bond donors (Lipinski definition) is 2. The highest BCUT2D eigenvalue weighted by Crippen LogP contribution is 2.04. The van der Waals surface area contributed by atoms with Crippen LogP contribution in [0.25, 0.3) is 0 Å². The molecule has 0 rings (SSSR count). The number of nitrogens with one attached hydrogen (secondary N) is 2. The summed E-state index contributed by atoms with van der Waals surface area (Å²) in [6, 6.07) is 0. The molecule has 0 fully saturated rings. The highest BCUT2D eigenvalue weighted by molar-refractivity contribution is 4.60. The van der Waals surface area contributed by atoms with Crippen molar-refractivity contribution < 1.29 is 0 Å².